The number of likely N-dealkylation sites (tertiary alicyclic amines) is 1. The van der Waals surface area contributed by atoms with Crippen LogP contribution in [0.3, 0.4) is 0 Å². The standard InChI is InChI=1S/C18H25ClFN3O2.HI/c1-3-25-17(24)14-5-4-10-23(12-14)18(21-2)22-9-8-13-6-7-15(20)11-16(13)19;/h6-7,11,14H,3-5,8-10,12H2,1-2H3,(H,21,22);1H. The number of aliphatic imine (C=N–C) groups is 1. The highest BCUT2D eigenvalue weighted by molar-refractivity contribution is 14.0. The number of esters is 1. The van der Waals surface area contributed by atoms with Gasteiger partial charge in [-0.15, -0.1) is 24.0 Å². The van der Waals surface area contributed by atoms with Crippen molar-refractivity contribution in [2.24, 2.45) is 10.9 Å². The Morgan fingerprint density at radius 1 is 1.50 bits per heavy atom. The first-order valence-electron chi connectivity index (χ1n) is 8.61. The Kier molecular flexibility index (Phi) is 10.2. The van der Waals surface area contributed by atoms with E-state index in [0.29, 0.717) is 31.1 Å². The summed E-state index contributed by atoms with van der Waals surface area (Å²) in [7, 11) is 1.72. The van der Waals surface area contributed by atoms with Crippen LogP contribution in [0.1, 0.15) is 25.3 Å². The van der Waals surface area contributed by atoms with E-state index in [1.807, 2.05) is 6.92 Å². The van der Waals surface area contributed by atoms with E-state index in [1.165, 1.54) is 12.1 Å². The highest BCUT2D eigenvalue weighted by Crippen LogP contribution is 2.19. The predicted octanol–water partition coefficient (Wildman–Crippen LogP) is 3.49. The van der Waals surface area contributed by atoms with E-state index < -0.39 is 0 Å². The zero-order valence-corrected chi connectivity index (χ0v) is 18.2. The van der Waals surface area contributed by atoms with Gasteiger partial charge in [-0.05, 0) is 43.9 Å². The van der Waals surface area contributed by atoms with Gasteiger partial charge in [-0.3, -0.25) is 9.79 Å². The molecule has 1 aromatic carbocycles. The number of nitrogens with one attached hydrogen (secondary N) is 1. The summed E-state index contributed by atoms with van der Waals surface area (Å²) in [6, 6.07) is 4.42. The van der Waals surface area contributed by atoms with Crippen molar-refractivity contribution in [3.05, 3.63) is 34.6 Å². The van der Waals surface area contributed by atoms with Crippen molar-refractivity contribution in [2.45, 2.75) is 26.2 Å². The molecule has 0 aliphatic carbocycles. The predicted molar refractivity (Wildman–Crippen MR) is 113 cm³/mol. The lowest BCUT2D eigenvalue weighted by Crippen LogP contribution is -2.48. The molecule has 2 rings (SSSR count). The van der Waals surface area contributed by atoms with Gasteiger partial charge in [0, 0.05) is 31.7 Å². The van der Waals surface area contributed by atoms with Gasteiger partial charge < -0.3 is 15.0 Å². The van der Waals surface area contributed by atoms with Crippen LogP contribution in [0.4, 0.5) is 4.39 Å². The Labute approximate surface area is 176 Å². The maximum atomic E-state index is 13.1. The Hall–Kier alpha value is -1.09. The first-order valence-corrected chi connectivity index (χ1v) is 8.99. The number of guanidine groups is 1. The number of piperidine rings is 1. The average Bonchev–Trinajstić information content (AvgIpc) is 2.60. The van der Waals surface area contributed by atoms with Crippen LogP contribution in [0.5, 0.6) is 0 Å². The third kappa shape index (κ3) is 6.57. The summed E-state index contributed by atoms with van der Waals surface area (Å²) in [6.45, 7) is 4.31. The number of benzene rings is 1. The molecule has 1 aliphatic rings. The highest BCUT2D eigenvalue weighted by atomic mass is 127. The van der Waals surface area contributed by atoms with E-state index in [9.17, 15) is 9.18 Å². The maximum Gasteiger partial charge on any atom is 0.310 e. The Balaban J connectivity index is 0.00000338. The fourth-order valence-corrected chi connectivity index (χ4v) is 3.25. The Morgan fingerprint density at radius 3 is 2.92 bits per heavy atom. The molecule has 26 heavy (non-hydrogen) atoms. The molecule has 0 amide bonds. The van der Waals surface area contributed by atoms with Gasteiger partial charge in [0.25, 0.3) is 0 Å². The van der Waals surface area contributed by atoms with E-state index in [-0.39, 0.29) is 41.7 Å². The van der Waals surface area contributed by atoms with E-state index in [4.69, 9.17) is 16.3 Å². The molecule has 1 aliphatic heterocycles. The van der Waals surface area contributed by atoms with Crippen molar-refractivity contribution >= 4 is 47.5 Å². The van der Waals surface area contributed by atoms with Crippen LogP contribution >= 0.6 is 35.6 Å². The van der Waals surface area contributed by atoms with Gasteiger partial charge in [0.1, 0.15) is 5.82 Å². The lowest BCUT2D eigenvalue weighted by Gasteiger charge is -2.34. The number of ether oxygens (including phenoxy) is 1. The molecule has 1 unspecified atom stereocenters. The van der Waals surface area contributed by atoms with Crippen molar-refractivity contribution in [1.29, 1.82) is 0 Å². The van der Waals surface area contributed by atoms with Crippen LogP contribution in [0.25, 0.3) is 0 Å². The summed E-state index contributed by atoms with van der Waals surface area (Å²) in [6.07, 6.45) is 2.43. The van der Waals surface area contributed by atoms with Crippen LogP contribution in [0, 0.1) is 11.7 Å². The highest BCUT2D eigenvalue weighted by Gasteiger charge is 2.28. The fourth-order valence-electron chi connectivity index (χ4n) is 2.99. The molecular formula is C18H26ClFIN3O2. The van der Waals surface area contributed by atoms with Crippen molar-refractivity contribution < 1.29 is 13.9 Å². The third-order valence-electron chi connectivity index (χ3n) is 4.25. The molecule has 1 atom stereocenters. The molecule has 0 spiro atoms. The van der Waals surface area contributed by atoms with Crippen LogP contribution in [0.15, 0.2) is 23.2 Å². The summed E-state index contributed by atoms with van der Waals surface area (Å²) in [4.78, 5) is 18.4. The second-order valence-electron chi connectivity index (χ2n) is 6.00. The van der Waals surface area contributed by atoms with E-state index in [2.05, 4.69) is 15.2 Å². The quantitative estimate of drug-likeness (QED) is 0.293. The van der Waals surface area contributed by atoms with Crippen LogP contribution in [-0.4, -0.2) is 50.1 Å². The van der Waals surface area contributed by atoms with Crippen molar-refractivity contribution in [2.75, 3.05) is 33.3 Å². The maximum absolute atomic E-state index is 13.1. The minimum absolute atomic E-state index is 0. The zero-order chi connectivity index (χ0) is 18.2. The van der Waals surface area contributed by atoms with E-state index >= 15 is 0 Å². The van der Waals surface area contributed by atoms with E-state index in [1.54, 1.807) is 13.1 Å². The molecule has 1 saturated heterocycles. The van der Waals surface area contributed by atoms with Gasteiger partial charge in [0.05, 0.1) is 12.5 Å². The minimum Gasteiger partial charge on any atom is -0.466 e. The third-order valence-corrected chi connectivity index (χ3v) is 4.60. The number of hydrogen-bond donors (Lipinski definition) is 1. The summed E-state index contributed by atoms with van der Waals surface area (Å²) < 4.78 is 18.2. The summed E-state index contributed by atoms with van der Waals surface area (Å²) in [5.74, 6) is 0.169. The number of carbonyl (C=O) groups excluding carboxylic acids is 1. The fraction of sp³-hybridized carbons (Fsp3) is 0.556. The summed E-state index contributed by atoms with van der Waals surface area (Å²) in [5.41, 5.74) is 0.883. The molecule has 1 aromatic rings. The van der Waals surface area contributed by atoms with Crippen LogP contribution in [0.2, 0.25) is 5.02 Å². The Morgan fingerprint density at radius 2 is 2.27 bits per heavy atom. The normalized spacial score (nSPS) is 17.5. The lowest BCUT2D eigenvalue weighted by molar-refractivity contribution is -0.149. The van der Waals surface area contributed by atoms with Crippen molar-refractivity contribution in [3.63, 3.8) is 0 Å². The largest absolute Gasteiger partial charge is 0.466 e. The minimum atomic E-state index is -0.337. The van der Waals surface area contributed by atoms with Crippen molar-refractivity contribution in [1.82, 2.24) is 10.2 Å². The van der Waals surface area contributed by atoms with Gasteiger partial charge >= 0.3 is 5.97 Å². The zero-order valence-electron chi connectivity index (χ0n) is 15.1. The van der Waals surface area contributed by atoms with Gasteiger partial charge in [-0.25, -0.2) is 4.39 Å². The molecule has 0 aromatic heterocycles. The van der Waals surface area contributed by atoms with Crippen LogP contribution in [-0.2, 0) is 16.0 Å². The average molecular weight is 498 g/mol. The lowest BCUT2D eigenvalue weighted by atomic mass is 9.98. The van der Waals surface area contributed by atoms with Gasteiger partial charge in [0.15, 0.2) is 5.96 Å². The molecule has 146 valence electrons. The Bertz CT molecular complexity index is 630. The number of hydrogen-bond acceptors (Lipinski definition) is 3. The smallest absolute Gasteiger partial charge is 0.310 e. The van der Waals surface area contributed by atoms with Gasteiger partial charge in [-0.2, -0.15) is 0 Å². The topological polar surface area (TPSA) is 53.9 Å². The summed E-state index contributed by atoms with van der Waals surface area (Å²) >= 11 is 6.05. The SMILES string of the molecule is CCOC(=O)C1CCCN(C(=NC)NCCc2ccc(F)cc2Cl)C1.I. The molecule has 0 radical (unpaired) electrons. The first-order chi connectivity index (χ1) is 12.0. The second-order valence-corrected chi connectivity index (χ2v) is 6.40. The monoisotopic (exact) mass is 497 g/mol. The molecule has 1 N–H and O–H groups in total. The number of rotatable bonds is 5. The number of halogens is 3. The second kappa shape index (κ2) is 11.6. The van der Waals surface area contributed by atoms with E-state index in [0.717, 1.165) is 30.9 Å². The van der Waals surface area contributed by atoms with Crippen molar-refractivity contribution in [3.8, 4) is 0 Å². The molecular weight excluding hydrogens is 472 g/mol. The van der Waals surface area contributed by atoms with Gasteiger partial charge in [0.2, 0.25) is 0 Å². The molecule has 1 heterocycles. The first kappa shape index (κ1) is 23.0. The molecule has 1 fully saturated rings. The molecule has 5 nitrogen and oxygen atoms in total. The number of carbonyl (C=O) groups is 1. The molecule has 0 saturated carbocycles. The van der Waals surface area contributed by atoms with Gasteiger partial charge in [-0.1, -0.05) is 17.7 Å². The summed E-state index contributed by atoms with van der Waals surface area (Å²) in [5, 5.41) is 3.72. The molecule has 8 heteroatoms. The number of nitrogens with zero attached hydrogens (tertiary/aromatic N) is 2. The van der Waals surface area contributed by atoms with Crippen LogP contribution < -0.4 is 5.32 Å². The molecule has 0 bridgehead atoms.